The van der Waals surface area contributed by atoms with Crippen LogP contribution in [0.2, 0.25) is 0 Å². The zero-order valence-corrected chi connectivity index (χ0v) is 11.9. The van der Waals surface area contributed by atoms with Gasteiger partial charge in [-0.05, 0) is 25.1 Å². The van der Waals surface area contributed by atoms with Crippen LogP contribution in [0.3, 0.4) is 0 Å². The number of carboxylic acids is 1. The topological polar surface area (TPSA) is 76.1 Å². The second kappa shape index (κ2) is 7.37. The number of hydrogen-bond donors (Lipinski definition) is 1. The number of amides is 1. The Hall–Kier alpha value is -2.24. The smallest absolute Gasteiger partial charge is 0.305 e. The van der Waals surface area contributed by atoms with Gasteiger partial charge in [0, 0.05) is 19.2 Å². The summed E-state index contributed by atoms with van der Waals surface area (Å²) in [7, 11) is 3.06. The fourth-order valence-corrected chi connectivity index (χ4v) is 1.66. The van der Waals surface area contributed by atoms with Crippen LogP contribution in [0.15, 0.2) is 18.2 Å². The van der Waals surface area contributed by atoms with Gasteiger partial charge in [-0.15, -0.1) is 0 Å². The Balaban J connectivity index is 2.85. The van der Waals surface area contributed by atoms with Gasteiger partial charge in [0.25, 0.3) is 5.91 Å². The van der Waals surface area contributed by atoms with Gasteiger partial charge in [-0.2, -0.15) is 0 Å². The van der Waals surface area contributed by atoms with Crippen molar-refractivity contribution in [1.82, 2.24) is 4.90 Å². The van der Waals surface area contributed by atoms with Gasteiger partial charge in [0.2, 0.25) is 0 Å². The van der Waals surface area contributed by atoms with Crippen molar-refractivity contribution in [3.63, 3.8) is 0 Å². The van der Waals surface area contributed by atoms with Crippen LogP contribution in [0.1, 0.15) is 23.7 Å². The molecule has 1 aromatic carbocycles. The predicted octanol–water partition coefficient (Wildman–Crippen LogP) is 1.64. The largest absolute Gasteiger partial charge is 0.493 e. The fourth-order valence-electron chi connectivity index (χ4n) is 1.66. The van der Waals surface area contributed by atoms with E-state index in [0.29, 0.717) is 23.7 Å². The summed E-state index contributed by atoms with van der Waals surface area (Å²) in [5, 5.41) is 8.62. The number of nitrogens with zero attached hydrogens (tertiary/aromatic N) is 1. The number of rotatable bonds is 7. The fraction of sp³-hybridized carbons (Fsp3) is 0.429. The van der Waals surface area contributed by atoms with E-state index in [1.54, 1.807) is 25.2 Å². The molecule has 0 atom stereocenters. The van der Waals surface area contributed by atoms with Crippen molar-refractivity contribution in [3.8, 4) is 11.5 Å². The molecule has 0 heterocycles. The van der Waals surface area contributed by atoms with Crippen molar-refractivity contribution < 1.29 is 24.2 Å². The molecular formula is C14H19NO5. The molecule has 0 spiro atoms. The number of ether oxygens (including phenoxy) is 2. The summed E-state index contributed by atoms with van der Waals surface area (Å²) in [5.74, 6) is -0.148. The highest BCUT2D eigenvalue weighted by atomic mass is 16.5. The molecule has 0 fully saturated rings. The predicted molar refractivity (Wildman–Crippen MR) is 73.4 cm³/mol. The molecule has 0 aliphatic carbocycles. The summed E-state index contributed by atoms with van der Waals surface area (Å²) in [4.78, 5) is 24.0. The van der Waals surface area contributed by atoms with E-state index in [1.807, 2.05) is 6.92 Å². The molecule has 1 N–H and O–H groups in total. The second-order valence-electron chi connectivity index (χ2n) is 4.17. The number of methoxy groups -OCH3 is 1. The standard InChI is InChI=1S/C14H19NO5/c1-4-20-11-6-5-10(9-12(11)19-3)14(18)15(2)8-7-13(16)17/h5-6,9H,4,7-8H2,1-3H3,(H,16,17). The number of carbonyl (C=O) groups is 2. The van der Waals surface area contributed by atoms with Crippen LogP contribution in [-0.4, -0.2) is 49.2 Å². The number of carbonyl (C=O) groups excluding carboxylic acids is 1. The lowest BCUT2D eigenvalue weighted by molar-refractivity contribution is -0.137. The number of aliphatic carboxylic acids is 1. The molecule has 20 heavy (non-hydrogen) atoms. The van der Waals surface area contributed by atoms with E-state index in [1.165, 1.54) is 12.0 Å². The minimum Gasteiger partial charge on any atom is -0.493 e. The third-order valence-electron chi connectivity index (χ3n) is 2.72. The maximum Gasteiger partial charge on any atom is 0.305 e. The van der Waals surface area contributed by atoms with Crippen LogP contribution in [-0.2, 0) is 4.79 Å². The second-order valence-corrected chi connectivity index (χ2v) is 4.17. The molecule has 0 saturated carbocycles. The van der Waals surface area contributed by atoms with Crippen molar-refractivity contribution in [1.29, 1.82) is 0 Å². The van der Waals surface area contributed by atoms with Crippen LogP contribution in [0.25, 0.3) is 0 Å². The average Bonchev–Trinajstić information content (AvgIpc) is 2.44. The van der Waals surface area contributed by atoms with E-state index < -0.39 is 5.97 Å². The van der Waals surface area contributed by atoms with Crippen molar-refractivity contribution in [2.75, 3.05) is 27.3 Å². The Morgan fingerprint density at radius 2 is 2.00 bits per heavy atom. The molecule has 0 unspecified atom stereocenters. The Morgan fingerprint density at radius 1 is 1.30 bits per heavy atom. The minimum absolute atomic E-state index is 0.0869. The molecule has 0 aliphatic heterocycles. The van der Waals surface area contributed by atoms with Gasteiger partial charge in [0.1, 0.15) is 0 Å². The van der Waals surface area contributed by atoms with Crippen LogP contribution >= 0.6 is 0 Å². The summed E-state index contributed by atoms with van der Waals surface area (Å²) in [6.07, 6.45) is -0.0869. The molecule has 1 rings (SSSR count). The summed E-state index contributed by atoms with van der Waals surface area (Å²) in [5.41, 5.74) is 0.429. The van der Waals surface area contributed by atoms with Gasteiger partial charge in [0.05, 0.1) is 20.1 Å². The molecule has 0 radical (unpaired) electrons. The summed E-state index contributed by atoms with van der Waals surface area (Å²) in [6.45, 7) is 2.52. The Kier molecular flexibility index (Phi) is 5.83. The maximum atomic E-state index is 12.1. The first-order valence-electron chi connectivity index (χ1n) is 6.27. The Morgan fingerprint density at radius 3 is 2.55 bits per heavy atom. The monoisotopic (exact) mass is 281 g/mol. The normalized spacial score (nSPS) is 9.95. The highest BCUT2D eigenvalue weighted by Gasteiger charge is 2.15. The SMILES string of the molecule is CCOc1ccc(C(=O)N(C)CCC(=O)O)cc1OC. The first-order valence-corrected chi connectivity index (χ1v) is 6.27. The number of benzene rings is 1. The van der Waals surface area contributed by atoms with Gasteiger partial charge in [0.15, 0.2) is 11.5 Å². The summed E-state index contributed by atoms with van der Waals surface area (Å²) < 4.78 is 10.6. The summed E-state index contributed by atoms with van der Waals surface area (Å²) >= 11 is 0. The molecule has 0 saturated heterocycles. The van der Waals surface area contributed by atoms with Crippen molar-refractivity contribution >= 4 is 11.9 Å². The van der Waals surface area contributed by atoms with Gasteiger partial charge >= 0.3 is 5.97 Å². The molecule has 0 aliphatic rings. The van der Waals surface area contributed by atoms with E-state index in [9.17, 15) is 9.59 Å². The molecule has 6 heteroatoms. The third kappa shape index (κ3) is 4.15. The first kappa shape index (κ1) is 15.8. The molecule has 1 amide bonds. The third-order valence-corrected chi connectivity index (χ3v) is 2.72. The molecule has 0 aromatic heterocycles. The molecule has 6 nitrogen and oxygen atoms in total. The number of hydrogen-bond acceptors (Lipinski definition) is 4. The Labute approximate surface area is 117 Å². The lowest BCUT2D eigenvalue weighted by Gasteiger charge is -2.17. The van der Waals surface area contributed by atoms with E-state index in [0.717, 1.165) is 0 Å². The van der Waals surface area contributed by atoms with Crippen LogP contribution in [0.5, 0.6) is 11.5 Å². The van der Waals surface area contributed by atoms with Crippen molar-refractivity contribution in [2.45, 2.75) is 13.3 Å². The summed E-state index contributed by atoms with van der Waals surface area (Å²) in [6, 6.07) is 4.89. The van der Waals surface area contributed by atoms with Gasteiger partial charge in [-0.1, -0.05) is 0 Å². The Bertz CT molecular complexity index is 486. The van der Waals surface area contributed by atoms with Gasteiger partial charge in [-0.3, -0.25) is 9.59 Å². The number of carboxylic acid groups (broad SMARTS) is 1. The quantitative estimate of drug-likeness (QED) is 0.822. The maximum absolute atomic E-state index is 12.1. The lowest BCUT2D eigenvalue weighted by Crippen LogP contribution is -2.29. The van der Waals surface area contributed by atoms with Crippen molar-refractivity contribution in [2.24, 2.45) is 0 Å². The first-order chi connectivity index (χ1) is 9.49. The highest BCUT2D eigenvalue weighted by molar-refractivity contribution is 5.94. The van der Waals surface area contributed by atoms with E-state index in [-0.39, 0.29) is 18.9 Å². The van der Waals surface area contributed by atoms with Crippen molar-refractivity contribution in [3.05, 3.63) is 23.8 Å². The highest BCUT2D eigenvalue weighted by Crippen LogP contribution is 2.28. The van der Waals surface area contributed by atoms with E-state index in [2.05, 4.69) is 0 Å². The molecular weight excluding hydrogens is 262 g/mol. The molecule has 110 valence electrons. The van der Waals surface area contributed by atoms with Crippen LogP contribution < -0.4 is 9.47 Å². The minimum atomic E-state index is -0.936. The van der Waals surface area contributed by atoms with Crippen LogP contribution in [0, 0.1) is 0 Å². The van der Waals surface area contributed by atoms with E-state index >= 15 is 0 Å². The zero-order valence-electron chi connectivity index (χ0n) is 11.9. The van der Waals surface area contributed by atoms with E-state index in [4.69, 9.17) is 14.6 Å². The average molecular weight is 281 g/mol. The van der Waals surface area contributed by atoms with Gasteiger partial charge < -0.3 is 19.5 Å². The molecule has 1 aromatic rings. The van der Waals surface area contributed by atoms with Crippen LogP contribution in [0.4, 0.5) is 0 Å². The molecule has 0 bridgehead atoms. The van der Waals surface area contributed by atoms with Gasteiger partial charge in [-0.25, -0.2) is 0 Å². The zero-order chi connectivity index (χ0) is 15.1. The lowest BCUT2D eigenvalue weighted by atomic mass is 10.1.